The van der Waals surface area contributed by atoms with E-state index in [1.54, 1.807) is 17.4 Å². The summed E-state index contributed by atoms with van der Waals surface area (Å²) in [7, 11) is 0. The van der Waals surface area contributed by atoms with Crippen LogP contribution in [-0.4, -0.2) is 31.7 Å². The van der Waals surface area contributed by atoms with Crippen molar-refractivity contribution in [3.05, 3.63) is 28.3 Å². The van der Waals surface area contributed by atoms with Crippen LogP contribution in [0.4, 0.5) is 5.82 Å². The maximum absolute atomic E-state index is 11.7. The highest BCUT2D eigenvalue weighted by Gasteiger charge is 2.07. The largest absolute Gasteiger partial charge is 0.480 e. The van der Waals surface area contributed by atoms with Gasteiger partial charge in [0.2, 0.25) is 5.91 Å². The molecule has 1 amide bonds. The third-order valence-corrected chi connectivity index (χ3v) is 3.53. The van der Waals surface area contributed by atoms with Crippen LogP contribution in [0.5, 0.6) is 0 Å². The van der Waals surface area contributed by atoms with Crippen LogP contribution in [0.1, 0.15) is 23.5 Å². The van der Waals surface area contributed by atoms with Crippen LogP contribution in [0.15, 0.2) is 17.6 Å². The summed E-state index contributed by atoms with van der Waals surface area (Å²) in [6.45, 7) is 1.73. The number of carboxylic acid groups (broad SMARTS) is 1. The Kier molecular flexibility index (Phi) is 5.04. The normalized spacial score (nSPS) is 10.5. The van der Waals surface area contributed by atoms with Crippen LogP contribution in [0.3, 0.4) is 0 Å². The molecule has 7 nitrogen and oxygen atoms in total. The van der Waals surface area contributed by atoms with Crippen LogP contribution in [0, 0.1) is 6.92 Å². The fraction of sp³-hybridized carbons (Fsp3) is 0.385. The molecule has 0 aliphatic heterocycles. The first-order chi connectivity index (χ1) is 10.0. The van der Waals surface area contributed by atoms with Gasteiger partial charge in [0.1, 0.15) is 6.54 Å². The lowest BCUT2D eigenvalue weighted by atomic mass is 10.2. The Labute approximate surface area is 125 Å². The second-order valence-electron chi connectivity index (χ2n) is 4.55. The number of aliphatic carboxylic acids is 1. The highest BCUT2D eigenvalue weighted by atomic mass is 32.1. The fourth-order valence-electron chi connectivity index (χ4n) is 1.81. The number of amides is 1. The Bertz CT molecular complexity index is 635. The molecule has 8 heteroatoms. The van der Waals surface area contributed by atoms with Crippen molar-refractivity contribution >= 4 is 29.0 Å². The zero-order valence-electron chi connectivity index (χ0n) is 11.6. The second-order valence-corrected chi connectivity index (χ2v) is 5.61. The SMILES string of the molecule is Cc1nc(CCCC(=O)Nc2ccn(CC(=O)O)n2)cs1. The Balaban J connectivity index is 1.74. The number of aryl methyl sites for hydroxylation is 2. The topological polar surface area (TPSA) is 97.1 Å². The van der Waals surface area contributed by atoms with Crippen molar-refractivity contribution in [1.29, 1.82) is 0 Å². The standard InChI is InChI=1S/C13H16N4O3S/c1-9-14-10(8-21-9)3-2-4-12(18)15-11-5-6-17(16-11)7-13(19)20/h5-6,8H,2-4,7H2,1H3,(H,19,20)(H,15,16,18). The first-order valence-corrected chi connectivity index (χ1v) is 7.37. The number of rotatable bonds is 7. The van der Waals surface area contributed by atoms with Crippen LogP contribution in [-0.2, 0) is 22.6 Å². The average Bonchev–Trinajstić information content (AvgIpc) is 2.98. The third-order valence-electron chi connectivity index (χ3n) is 2.71. The molecule has 0 saturated heterocycles. The molecule has 0 aromatic carbocycles. The molecule has 0 bridgehead atoms. The molecule has 21 heavy (non-hydrogen) atoms. The zero-order chi connectivity index (χ0) is 15.2. The van der Waals surface area contributed by atoms with Gasteiger partial charge in [-0.3, -0.25) is 14.3 Å². The number of hydrogen-bond donors (Lipinski definition) is 2. The molecule has 2 heterocycles. The molecule has 2 aromatic heterocycles. The molecule has 0 unspecified atom stereocenters. The molecule has 0 aliphatic rings. The van der Waals surface area contributed by atoms with Gasteiger partial charge in [-0.15, -0.1) is 11.3 Å². The average molecular weight is 308 g/mol. The van der Waals surface area contributed by atoms with Crippen molar-refractivity contribution in [2.45, 2.75) is 32.7 Å². The summed E-state index contributed by atoms with van der Waals surface area (Å²) in [6.07, 6.45) is 3.38. The van der Waals surface area contributed by atoms with Gasteiger partial charge in [-0.25, -0.2) is 4.98 Å². The number of hydrogen-bond acceptors (Lipinski definition) is 5. The lowest BCUT2D eigenvalue weighted by Crippen LogP contribution is -2.13. The van der Waals surface area contributed by atoms with Gasteiger partial charge in [0, 0.05) is 24.1 Å². The summed E-state index contributed by atoms with van der Waals surface area (Å²) in [5, 5.41) is 18.3. The Morgan fingerprint density at radius 1 is 1.48 bits per heavy atom. The lowest BCUT2D eigenvalue weighted by molar-refractivity contribution is -0.137. The molecule has 0 atom stereocenters. The van der Waals surface area contributed by atoms with E-state index in [1.807, 2.05) is 12.3 Å². The molecule has 2 rings (SSSR count). The number of carbonyl (C=O) groups is 2. The maximum atomic E-state index is 11.7. The van der Waals surface area contributed by atoms with Gasteiger partial charge in [0.25, 0.3) is 0 Å². The number of carboxylic acids is 1. The highest BCUT2D eigenvalue weighted by Crippen LogP contribution is 2.11. The fourth-order valence-corrected chi connectivity index (χ4v) is 2.46. The van der Waals surface area contributed by atoms with Crippen LogP contribution >= 0.6 is 11.3 Å². The van der Waals surface area contributed by atoms with Crippen molar-refractivity contribution in [3.63, 3.8) is 0 Å². The number of thiazole rings is 1. The van der Waals surface area contributed by atoms with Gasteiger partial charge >= 0.3 is 5.97 Å². The highest BCUT2D eigenvalue weighted by molar-refractivity contribution is 7.09. The summed E-state index contributed by atoms with van der Waals surface area (Å²) < 4.78 is 1.26. The predicted molar refractivity (Wildman–Crippen MR) is 78.3 cm³/mol. The molecule has 2 N–H and O–H groups in total. The number of anilines is 1. The smallest absolute Gasteiger partial charge is 0.325 e. The van der Waals surface area contributed by atoms with Crippen molar-refractivity contribution in [1.82, 2.24) is 14.8 Å². The molecular formula is C13H16N4O3S. The Morgan fingerprint density at radius 2 is 2.29 bits per heavy atom. The van der Waals surface area contributed by atoms with E-state index in [9.17, 15) is 9.59 Å². The number of aromatic nitrogens is 3. The quantitative estimate of drug-likeness (QED) is 0.811. The van der Waals surface area contributed by atoms with Crippen LogP contribution in [0.25, 0.3) is 0 Å². The zero-order valence-corrected chi connectivity index (χ0v) is 12.4. The number of nitrogens with zero attached hydrogens (tertiary/aromatic N) is 3. The van der Waals surface area contributed by atoms with Gasteiger partial charge in [-0.1, -0.05) is 0 Å². The predicted octanol–water partition coefficient (Wildman–Crippen LogP) is 1.69. The van der Waals surface area contributed by atoms with Crippen molar-refractivity contribution in [2.75, 3.05) is 5.32 Å². The molecule has 0 spiro atoms. The van der Waals surface area contributed by atoms with E-state index in [0.717, 1.165) is 17.1 Å². The van der Waals surface area contributed by atoms with Gasteiger partial charge < -0.3 is 10.4 Å². The lowest BCUT2D eigenvalue weighted by Gasteiger charge is -2.01. The van der Waals surface area contributed by atoms with E-state index >= 15 is 0 Å². The molecular weight excluding hydrogens is 292 g/mol. The minimum absolute atomic E-state index is 0.137. The minimum atomic E-state index is -0.977. The minimum Gasteiger partial charge on any atom is -0.480 e. The van der Waals surface area contributed by atoms with Gasteiger partial charge in [0.05, 0.1) is 10.7 Å². The maximum Gasteiger partial charge on any atom is 0.325 e. The van der Waals surface area contributed by atoms with Crippen LogP contribution in [0.2, 0.25) is 0 Å². The van der Waals surface area contributed by atoms with E-state index in [4.69, 9.17) is 5.11 Å². The van der Waals surface area contributed by atoms with Gasteiger partial charge in [0.15, 0.2) is 5.82 Å². The molecule has 0 saturated carbocycles. The molecule has 0 aliphatic carbocycles. The summed E-state index contributed by atoms with van der Waals surface area (Å²) in [6, 6.07) is 1.57. The number of nitrogens with one attached hydrogen (secondary N) is 1. The van der Waals surface area contributed by atoms with Crippen molar-refractivity contribution in [2.24, 2.45) is 0 Å². The summed E-state index contributed by atoms with van der Waals surface area (Å²) in [5.74, 6) is -0.747. The van der Waals surface area contributed by atoms with E-state index < -0.39 is 5.97 Å². The summed E-state index contributed by atoms with van der Waals surface area (Å²) >= 11 is 1.60. The van der Waals surface area contributed by atoms with Crippen molar-refractivity contribution < 1.29 is 14.7 Å². The van der Waals surface area contributed by atoms with E-state index in [-0.39, 0.29) is 12.5 Å². The van der Waals surface area contributed by atoms with E-state index in [0.29, 0.717) is 18.7 Å². The second kappa shape index (κ2) is 6.98. The molecule has 112 valence electrons. The Morgan fingerprint density at radius 3 is 2.95 bits per heavy atom. The Hall–Kier alpha value is -2.22. The molecule has 2 aromatic rings. The van der Waals surface area contributed by atoms with Crippen LogP contribution < -0.4 is 5.32 Å². The molecule has 0 fully saturated rings. The van der Waals surface area contributed by atoms with E-state index in [2.05, 4.69) is 15.4 Å². The number of carbonyl (C=O) groups excluding carboxylic acids is 1. The summed E-state index contributed by atoms with van der Waals surface area (Å²) in [5.41, 5.74) is 1.01. The molecule has 0 radical (unpaired) electrons. The van der Waals surface area contributed by atoms with Gasteiger partial charge in [-0.2, -0.15) is 5.10 Å². The van der Waals surface area contributed by atoms with Gasteiger partial charge in [-0.05, 0) is 19.8 Å². The van der Waals surface area contributed by atoms with Crippen molar-refractivity contribution in [3.8, 4) is 0 Å². The first-order valence-electron chi connectivity index (χ1n) is 6.49. The van der Waals surface area contributed by atoms with E-state index in [1.165, 1.54) is 10.9 Å². The first kappa shape index (κ1) is 15.2. The third kappa shape index (κ3) is 4.99. The monoisotopic (exact) mass is 308 g/mol. The summed E-state index contributed by atoms with van der Waals surface area (Å²) in [4.78, 5) is 26.6.